The highest BCUT2D eigenvalue weighted by Crippen LogP contribution is 1.92. The predicted molar refractivity (Wildman–Crippen MR) is 45.2 cm³/mol. The number of carboxylic acids is 1. The van der Waals surface area contributed by atoms with Gasteiger partial charge in [-0.15, -0.1) is 0 Å². The van der Waals surface area contributed by atoms with Crippen molar-refractivity contribution < 1.29 is 9.90 Å². The largest absolute Gasteiger partial charge is 0.480 e. The SMILES string of the molecule is Cc1cc(C)c(=N)n(CC(=O)O)n1. The first kappa shape index (κ1) is 9.44. The van der Waals surface area contributed by atoms with Crippen LogP contribution in [0.15, 0.2) is 6.07 Å². The summed E-state index contributed by atoms with van der Waals surface area (Å²) >= 11 is 0. The van der Waals surface area contributed by atoms with E-state index in [9.17, 15) is 4.79 Å². The average molecular weight is 181 g/mol. The highest BCUT2D eigenvalue weighted by molar-refractivity contribution is 5.66. The van der Waals surface area contributed by atoms with E-state index in [4.69, 9.17) is 10.5 Å². The Labute approximate surface area is 75.1 Å². The lowest BCUT2D eigenvalue weighted by atomic mass is 10.3. The van der Waals surface area contributed by atoms with E-state index < -0.39 is 5.97 Å². The van der Waals surface area contributed by atoms with Gasteiger partial charge in [-0.1, -0.05) is 0 Å². The first-order chi connectivity index (χ1) is 6.00. The third kappa shape index (κ3) is 2.14. The molecule has 1 aromatic rings. The van der Waals surface area contributed by atoms with Crippen LogP contribution in [0.1, 0.15) is 11.3 Å². The van der Waals surface area contributed by atoms with E-state index in [1.165, 1.54) is 4.68 Å². The summed E-state index contributed by atoms with van der Waals surface area (Å²) < 4.78 is 1.17. The van der Waals surface area contributed by atoms with E-state index in [1.807, 2.05) is 0 Å². The highest BCUT2D eigenvalue weighted by Gasteiger charge is 2.03. The van der Waals surface area contributed by atoms with Gasteiger partial charge in [-0.05, 0) is 25.5 Å². The fourth-order valence-electron chi connectivity index (χ4n) is 1.10. The summed E-state index contributed by atoms with van der Waals surface area (Å²) in [6.07, 6.45) is 0. The van der Waals surface area contributed by atoms with Gasteiger partial charge in [0.1, 0.15) is 12.0 Å². The number of hydrogen-bond donors (Lipinski definition) is 2. The van der Waals surface area contributed by atoms with Crippen LogP contribution in [0.5, 0.6) is 0 Å². The lowest BCUT2D eigenvalue weighted by Gasteiger charge is -2.05. The molecule has 70 valence electrons. The van der Waals surface area contributed by atoms with Crippen molar-refractivity contribution in [3.63, 3.8) is 0 Å². The minimum Gasteiger partial charge on any atom is -0.480 e. The van der Waals surface area contributed by atoms with E-state index >= 15 is 0 Å². The second-order valence-electron chi connectivity index (χ2n) is 2.87. The summed E-state index contributed by atoms with van der Waals surface area (Å²) in [6, 6.07) is 1.75. The summed E-state index contributed by atoms with van der Waals surface area (Å²) in [5.41, 5.74) is 1.59. The van der Waals surface area contributed by atoms with Crippen molar-refractivity contribution in [2.75, 3.05) is 0 Å². The van der Waals surface area contributed by atoms with Crippen molar-refractivity contribution in [1.82, 2.24) is 9.78 Å². The first-order valence-corrected chi connectivity index (χ1v) is 3.82. The number of carbonyl (C=O) groups is 1. The molecule has 0 fully saturated rings. The normalized spacial score (nSPS) is 10.0. The second kappa shape index (κ2) is 3.38. The lowest BCUT2D eigenvalue weighted by molar-refractivity contribution is -0.138. The molecule has 5 heteroatoms. The molecule has 0 amide bonds. The summed E-state index contributed by atoms with van der Waals surface area (Å²) in [6.45, 7) is 3.27. The van der Waals surface area contributed by atoms with Gasteiger partial charge >= 0.3 is 5.97 Å². The molecular weight excluding hydrogens is 170 g/mol. The van der Waals surface area contributed by atoms with Crippen LogP contribution in [0.4, 0.5) is 0 Å². The smallest absolute Gasteiger partial charge is 0.325 e. The Kier molecular flexibility index (Phi) is 2.46. The maximum absolute atomic E-state index is 10.4. The minimum absolute atomic E-state index is 0.146. The van der Waals surface area contributed by atoms with E-state index in [-0.39, 0.29) is 12.0 Å². The molecule has 1 rings (SSSR count). The van der Waals surface area contributed by atoms with Crippen molar-refractivity contribution in [1.29, 1.82) is 5.41 Å². The zero-order valence-electron chi connectivity index (χ0n) is 7.53. The summed E-state index contributed by atoms with van der Waals surface area (Å²) in [4.78, 5) is 10.4. The van der Waals surface area contributed by atoms with Gasteiger partial charge in [-0.25, -0.2) is 4.68 Å². The van der Waals surface area contributed by atoms with Crippen LogP contribution >= 0.6 is 0 Å². The topological polar surface area (TPSA) is 79.0 Å². The summed E-state index contributed by atoms with van der Waals surface area (Å²) in [5.74, 6) is -0.990. The molecule has 0 radical (unpaired) electrons. The molecule has 0 unspecified atom stereocenters. The summed E-state index contributed by atoms with van der Waals surface area (Å²) in [5, 5.41) is 20.0. The minimum atomic E-state index is -0.990. The molecule has 0 saturated carbocycles. The Bertz CT molecular complexity index is 395. The number of hydrogen-bond acceptors (Lipinski definition) is 3. The fourth-order valence-corrected chi connectivity index (χ4v) is 1.10. The maximum atomic E-state index is 10.4. The molecule has 0 aliphatic heterocycles. The number of aryl methyl sites for hydroxylation is 2. The van der Waals surface area contributed by atoms with Crippen LogP contribution in [-0.4, -0.2) is 20.9 Å². The number of nitrogens with one attached hydrogen (secondary N) is 1. The Hall–Kier alpha value is -1.65. The van der Waals surface area contributed by atoms with Crippen molar-refractivity contribution >= 4 is 5.97 Å². The number of rotatable bonds is 2. The molecule has 0 saturated heterocycles. The van der Waals surface area contributed by atoms with Crippen LogP contribution < -0.4 is 5.49 Å². The molecule has 2 N–H and O–H groups in total. The molecular formula is C8H11N3O2. The molecule has 13 heavy (non-hydrogen) atoms. The van der Waals surface area contributed by atoms with Gasteiger partial charge in [0.15, 0.2) is 0 Å². The third-order valence-corrected chi connectivity index (χ3v) is 1.62. The molecule has 1 heterocycles. The highest BCUT2D eigenvalue weighted by atomic mass is 16.4. The number of carboxylic acid groups (broad SMARTS) is 1. The molecule has 0 spiro atoms. The monoisotopic (exact) mass is 181 g/mol. The van der Waals surface area contributed by atoms with Gasteiger partial charge in [0.05, 0.1) is 5.69 Å². The average Bonchev–Trinajstić information content (AvgIpc) is 1.98. The van der Waals surface area contributed by atoms with Crippen LogP contribution in [0.25, 0.3) is 0 Å². The van der Waals surface area contributed by atoms with Crippen molar-refractivity contribution in [3.8, 4) is 0 Å². The van der Waals surface area contributed by atoms with Gasteiger partial charge in [-0.2, -0.15) is 5.10 Å². The van der Waals surface area contributed by atoms with Crippen LogP contribution in [-0.2, 0) is 11.3 Å². The van der Waals surface area contributed by atoms with Gasteiger partial charge in [-0.3, -0.25) is 10.2 Å². The van der Waals surface area contributed by atoms with Crippen LogP contribution in [0, 0.1) is 19.3 Å². The molecule has 0 aliphatic carbocycles. The second-order valence-corrected chi connectivity index (χ2v) is 2.87. The number of aromatic nitrogens is 2. The molecule has 0 bridgehead atoms. The standard InChI is InChI=1S/C8H11N3O2/c1-5-3-6(2)10-11(8(5)9)4-7(12)13/h3,9H,4H2,1-2H3,(H,12,13). The predicted octanol–water partition coefficient (Wildman–Crippen LogP) is 0.0640. The van der Waals surface area contributed by atoms with Crippen molar-refractivity contribution in [2.24, 2.45) is 0 Å². The summed E-state index contributed by atoms with van der Waals surface area (Å²) in [7, 11) is 0. The molecule has 1 aromatic heterocycles. The molecule has 5 nitrogen and oxygen atoms in total. The van der Waals surface area contributed by atoms with E-state index in [1.54, 1.807) is 19.9 Å². The Morgan fingerprint density at radius 3 is 2.85 bits per heavy atom. The van der Waals surface area contributed by atoms with Crippen LogP contribution in [0.2, 0.25) is 0 Å². The van der Waals surface area contributed by atoms with Gasteiger partial charge in [0, 0.05) is 0 Å². The van der Waals surface area contributed by atoms with Gasteiger partial charge in [0.25, 0.3) is 0 Å². The third-order valence-electron chi connectivity index (χ3n) is 1.62. The fraction of sp³-hybridized carbons (Fsp3) is 0.375. The Morgan fingerprint density at radius 2 is 2.31 bits per heavy atom. The number of aliphatic carboxylic acids is 1. The quantitative estimate of drug-likeness (QED) is 0.677. The lowest BCUT2D eigenvalue weighted by Crippen LogP contribution is -2.28. The van der Waals surface area contributed by atoms with Crippen molar-refractivity contribution in [3.05, 3.63) is 22.8 Å². The van der Waals surface area contributed by atoms with E-state index in [2.05, 4.69) is 5.10 Å². The van der Waals surface area contributed by atoms with E-state index in [0.29, 0.717) is 0 Å². The van der Waals surface area contributed by atoms with Gasteiger partial charge in [0.2, 0.25) is 0 Å². The zero-order valence-corrected chi connectivity index (χ0v) is 7.53. The van der Waals surface area contributed by atoms with Crippen LogP contribution in [0.3, 0.4) is 0 Å². The zero-order chi connectivity index (χ0) is 10.0. The molecule has 0 aliphatic rings. The molecule has 0 atom stereocenters. The number of nitrogens with zero attached hydrogens (tertiary/aromatic N) is 2. The molecule has 0 aromatic carbocycles. The Balaban J connectivity index is 3.21. The first-order valence-electron chi connectivity index (χ1n) is 3.82. The van der Waals surface area contributed by atoms with E-state index in [0.717, 1.165) is 11.3 Å². The Morgan fingerprint density at radius 1 is 1.69 bits per heavy atom. The maximum Gasteiger partial charge on any atom is 0.325 e. The van der Waals surface area contributed by atoms with Gasteiger partial charge < -0.3 is 5.11 Å². The van der Waals surface area contributed by atoms with Crippen molar-refractivity contribution in [2.45, 2.75) is 20.4 Å².